The number of pyridine rings is 1. The molecule has 8 bridgehead atoms. The lowest BCUT2D eigenvalue weighted by Gasteiger charge is -2.55. The molecular weight excluding hydrogens is 925 g/mol. The first-order valence-corrected chi connectivity index (χ1v) is 22.3. The number of carbonyl (C=O) groups excluding carboxylic acids is 3. The molecule has 5 fully saturated rings. The van der Waals surface area contributed by atoms with Crippen LogP contribution in [0.15, 0.2) is 35.8 Å². The predicted octanol–water partition coefficient (Wildman–Crippen LogP) is 6.32. The van der Waals surface area contributed by atoms with Crippen LogP contribution in [0.25, 0.3) is 33.4 Å². The fraction of sp³-hybridized carbons (Fsp3) is 0.578. The highest BCUT2D eigenvalue weighted by atomic mass is 32.1. The van der Waals surface area contributed by atoms with Crippen molar-refractivity contribution in [2.75, 3.05) is 45.3 Å². The van der Waals surface area contributed by atoms with Crippen molar-refractivity contribution in [1.29, 1.82) is 0 Å². The molecule has 19 heteroatoms. The quantitative estimate of drug-likeness (QED) is 0.203. The number of piperazine rings is 1. The lowest BCUT2D eigenvalue weighted by molar-refractivity contribution is -0.155. The molecule has 1 saturated carbocycles. The van der Waals surface area contributed by atoms with E-state index in [-0.39, 0.29) is 110 Å². The summed E-state index contributed by atoms with van der Waals surface area (Å²) in [4.78, 5) is 56.4. The number of esters is 1. The molecule has 64 heavy (non-hydrogen) atoms. The number of aromatic nitrogens is 3. The topological polar surface area (TPSA) is 134 Å². The Morgan fingerprint density at radius 2 is 1.81 bits per heavy atom. The zero-order valence-corrected chi connectivity index (χ0v) is 43.7. The highest BCUT2D eigenvalue weighted by Crippen LogP contribution is 2.44. The minimum absolute atomic E-state index is 0. The summed E-state index contributed by atoms with van der Waals surface area (Å²) in [5, 5.41) is 8.48. The summed E-state index contributed by atoms with van der Waals surface area (Å²) in [5.74, 6) is -0.554. The second-order valence-electron chi connectivity index (χ2n) is 18.4. The number of hydrogen-bond donors (Lipinski definition) is 2. The van der Waals surface area contributed by atoms with Crippen LogP contribution in [0.4, 0.5) is 5.69 Å². The van der Waals surface area contributed by atoms with Crippen LogP contribution in [-0.4, -0.2) is 107 Å². The van der Waals surface area contributed by atoms with Crippen LogP contribution in [0, 0.1) is 17.3 Å². The maximum Gasteiger partial charge on any atom is 0.324 e. The number of likely N-dealkylation sites (N-methyl/N-ethyl adjacent to an activating group) is 1. The molecular formula is C45H68N8O5S6. The van der Waals surface area contributed by atoms with Crippen LogP contribution in [0.5, 0.6) is 0 Å². The van der Waals surface area contributed by atoms with Crippen LogP contribution in [0.1, 0.15) is 82.7 Å². The van der Waals surface area contributed by atoms with E-state index in [0.717, 1.165) is 81.4 Å². The molecule has 8 heterocycles. The molecule has 0 radical (unpaired) electrons. The number of cyclic esters (lactones) is 1. The monoisotopic (exact) mass is 992 g/mol. The third-order valence-corrected chi connectivity index (χ3v) is 14.5. The number of amides is 2. The van der Waals surface area contributed by atoms with Crippen molar-refractivity contribution in [2.45, 2.75) is 110 Å². The molecule has 7 atom stereocenters. The molecule has 4 aromatic rings. The summed E-state index contributed by atoms with van der Waals surface area (Å²) < 4.78 is 14.5. The molecule has 0 spiro atoms. The number of thiazole rings is 1. The third kappa shape index (κ3) is 10.4. The Hall–Kier alpha value is -2.62. The Bertz CT molecular complexity index is 2300. The summed E-state index contributed by atoms with van der Waals surface area (Å²) in [6, 6.07) is 8.50. The highest BCUT2D eigenvalue weighted by Gasteiger charge is 2.44. The molecule has 3 aromatic heterocycles. The van der Waals surface area contributed by atoms with Gasteiger partial charge in [0.1, 0.15) is 12.1 Å². The number of aryl methyl sites for hydroxylation is 1. The van der Waals surface area contributed by atoms with Gasteiger partial charge in [0.25, 0.3) is 5.91 Å². The lowest BCUT2D eigenvalue weighted by Crippen LogP contribution is -2.67. The molecule has 1 aliphatic carbocycles. The number of piperidine rings is 1. The second-order valence-corrected chi connectivity index (χ2v) is 19.3. The largest absolute Gasteiger partial charge is 0.464 e. The Kier molecular flexibility index (Phi) is 18.2. The van der Waals surface area contributed by atoms with Gasteiger partial charge in [0.2, 0.25) is 5.91 Å². The van der Waals surface area contributed by atoms with E-state index in [1.54, 1.807) is 7.11 Å². The number of nitrogens with zero attached hydrogens (tertiary/aromatic N) is 6. The van der Waals surface area contributed by atoms with Crippen molar-refractivity contribution in [2.24, 2.45) is 17.3 Å². The summed E-state index contributed by atoms with van der Waals surface area (Å²) in [6.07, 6.45) is 5.89. The van der Waals surface area contributed by atoms with Gasteiger partial charge in [-0.15, -0.1) is 11.3 Å². The van der Waals surface area contributed by atoms with Crippen molar-refractivity contribution >= 4 is 113 Å². The summed E-state index contributed by atoms with van der Waals surface area (Å²) in [7, 11) is 3.97. The number of hydrogen-bond acceptors (Lipinski definition) is 11. The first-order chi connectivity index (χ1) is 28.3. The maximum absolute atomic E-state index is 14.1. The SMILES string of the molecule is CCn1c(-c2cc(N3CC4CC(C3)N4C)cnc2[C@H](C)OC)c2c3cc(ccc31)-c1csc(n1)C[C@H](NC(=O)[C@H]1C[C@@H]1C)C(=O)N1CCC[C@H](N1)C(=O)OCC(C)(C)C2.S.S.S.S.S. The van der Waals surface area contributed by atoms with Gasteiger partial charge in [-0.05, 0) is 82.7 Å². The Labute approximate surface area is 416 Å². The number of anilines is 1. The summed E-state index contributed by atoms with van der Waals surface area (Å²) in [5.41, 5.74) is 10.9. The lowest BCUT2D eigenvalue weighted by atomic mass is 9.84. The molecule has 2 N–H and O–H groups in total. The third-order valence-electron chi connectivity index (χ3n) is 13.6. The molecule has 354 valence electrons. The standard InChI is InChI=1S/C45H58N8O5S.5H2S/c1-8-52-38-12-11-27-15-32(38)34(41(52)33-17-28(20-46-40(33)26(3)57-7)51-21-29-16-30(22-51)50(29)6)19-45(4,5)24-58-44(56)35-10-9-13-53(49-35)43(55)36(18-39-47-37(27)23-59-39)48-42(54)31-14-25(31)2;;;;;/h11-12,15,17,20,23,25-26,29-31,35-36,49H,8-10,13-14,16,18-19,21-22,24H2,1-7H3,(H,48,54);5*1H2/t25-,26-,29?,30?,31-,35-,36-;;;;;/m0...../s1. The molecule has 1 aromatic carbocycles. The number of nitrogens with one attached hydrogen (secondary N) is 2. The van der Waals surface area contributed by atoms with E-state index in [1.165, 1.54) is 22.8 Å². The predicted molar refractivity (Wildman–Crippen MR) is 281 cm³/mol. The summed E-state index contributed by atoms with van der Waals surface area (Å²) >= 11 is 1.50. The van der Waals surface area contributed by atoms with Crippen molar-refractivity contribution in [3.05, 3.63) is 52.1 Å². The fourth-order valence-electron chi connectivity index (χ4n) is 9.75. The first-order valence-electron chi connectivity index (χ1n) is 21.5. The first kappa shape index (κ1) is 54.0. The van der Waals surface area contributed by atoms with E-state index >= 15 is 0 Å². The van der Waals surface area contributed by atoms with Crippen LogP contribution < -0.4 is 15.6 Å². The Morgan fingerprint density at radius 1 is 1.09 bits per heavy atom. The van der Waals surface area contributed by atoms with E-state index in [4.69, 9.17) is 19.4 Å². The van der Waals surface area contributed by atoms with Crippen LogP contribution in [0.2, 0.25) is 0 Å². The minimum Gasteiger partial charge on any atom is -0.464 e. The maximum atomic E-state index is 14.1. The van der Waals surface area contributed by atoms with Gasteiger partial charge in [0, 0.05) is 90.5 Å². The Balaban J connectivity index is 0.00000180. The molecule has 2 unspecified atom stereocenters. The van der Waals surface area contributed by atoms with Crippen molar-refractivity contribution in [3.63, 3.8) is 0 Å². The average molecular weight is 993 g/mol. The van der Waals surface area contributed by atoms with Gasteiger partial charge in [-0.2, -0.15) is 67.5 Å². The van der Waals surface area contributed by atoms with Crippen LogP contribution in [-0.2, 0) is 43.2 Å². The normalized spacial score (nSPS) is 25.4. The van der Waals surface area contributed by atoms with Gasteiger partial charge in [0.05, 0.1) is 46.7 Å². The van der Waals surface area contributed by atoms with Gasteiger partial charge in [-0.25, -0.2) is 10.4 Å². The van der Waals surface area contributed by atoms with Gasteiger partial charge < -0.3 is 24.3 Å². The zero-order valence-electron chi connectivity index (χ0n) is 37.9. The van der Waals surface area contributed by atoms with Gasteiger partial charge in [-0.3, -0.25) is 29.3 Å². The number of rotatable bonds is 7. The van der Waals surface area contributed by atoms with Crippen LogP contribution >= 0.6 is 78.8 Å². The zero-order chi connectivity index (χ0) is 41.3. The molecule has 10 rings (SSSR count). The molecule has 6 aliphatic rings. The molecule has 5 aliphatic heterocycles. The van der Waals surface area contributed by atoms with Gasteiger partial charge >= 0.3 is 5.97 Å². The minimum atomic E-state index is -0.825. The van der Waals surface area contributed by atoms with Crippen LogP contribution in [0.3, 0.4) is 0 Å². The van der Waals surface area contributed by atoms with Gasteiger partial charge in [0.15, 0.2) is 0 Å². The smallest absolute Gasteiger partial charge is 0.324 e. The van der Waals surface area contributed by atoms with E-state index in [2.05, 4.69) is 91.0 Å². The Morgan fingerprint density at radius 3 is 2.47 bits per heavy atom. The van der Waals surface area contributed by atoms with E-state index in [9.17, 15) is 14.4 Å². The number of methoxy groups -OCH3 is 1. The second kappa shape index (κ2) is 21.6. The number of hydrazine groups is 1. The number of fused-ring (bicyclic) bond motifs is 8. The number of ether oxygens (including phenoxy) is 2. The van der Waals surface area contributed by atoms with E-state index in [0.29, 0.717) is 43.8 Å². The molecule has 13 nitrogen and oxygen atoms in total. The molecule has 2 amide bonds. The number of carbonyl (C=O) groups is 3. The fourth-order valence-corrected chi connectivity index (χ4v) is 10.6. The van der Waals surface area contributed by atoms with Gasteiger partial charge in [-0.1, -0.05) is 26.8 Å². The number of benzene rings is 1. The molecule has 4 saturated heterocycles. The summed E-state index contributed by atoms with van der Waals surface area (Å²) in [6.45, 7) is 13.9. The van der Waals surface area contributed by atoms with Crippen molar-refractivity contribution in [3.8, 4) is 22.5 Å². The average Bonchev–Trinajstić information content (AvgIpc) is 3.67. The highest BCUT2D eigenvalue weighted by molar-refractivity contribution is 7.60. The van der Waals surface area contributed by atoms with E-state index < -0.39 is 17.5 Å². The van der Waals surface area contributed by atoms with Crippen molar-refractivity contribution < 1.29 is 23.9 Å². The van der Waals surface area contributed by atoms with E-state index in [1.807, 2.05) is 11.6 Å². The van der Waals surface area contributed by atoms with Crippen molar-refractivity contribution in [1.82, 2.24) is 35.2 Å².